The van der Waals surface area contributed by atoms with Crippen LogP contribution in [0.5, 0.6) is 0 Å². The average Bonchev–Trinajstić information content (AvgIpc) is 3.03. The molecule has 2 aromatic heterocycles. The summed E-state index contributed by atoms with van der Waals surface area (Å²) in [7, 11) is 0. The highest BCUT2D eigenvalue weighted by atomic mass is 16.1. The van der Waals surface area contributed by atoms with Crippen molar-refractivity contribution in [3.05, 3.63) is 66.9 Å². The van der Waals surface area contributed by atoms with Crippen molar-refractivity contribution >= 4 is 11.6 Å². The zero-order valence-electron chi connectivity index (χ0n) is 10.5. The van der Waals surface area contributed by atoms with Gasteiger partial charge in [0.15, 0.2) is 0 Å². The number of nitrogens with zero attached hydrogens (tertiary/aromatic N) is 4. The van der Waals surface area contributed by atoms with Crippen molar-refractivity contribution in [3.8, 4) is 5.82 Å². The highest BCUT2D eigenvalue weighted by Crippen LogP contribution is 2.09. The predicted molar refractivity (Wildman–Crippen MR) is 73.5 cm³/mol. The molecule has 0 fully saturated rings. The Balaban J connectivity index is 1.76. The average molecular weight is 265 g/mol. The van der Waals surface area contributed by atoms with E-state index in [1.807, 2.05) is 30.3 Å². The molecule has 6 heteroatoms. The largest absolute Gasteiger partial charge is 0.322 e. The van der Waals surface area contributed by atoms with Crippen molar-refractivity contribution in [1.29, 1.82) is 0 Å². The van der Waals surface area contributed by atoms with Gasteiger partial charge in [0.2, 0.25) is 0 Å². The second-order valence-electron chi connectivity index (χ2n) is 4.09. The van der Waals surface area contributed by atoms with Crippen molar-refractivity contribution in [1.82, 2.24) is 19.7 Å². The van der Waals surface area contributed by atoms with Crippen LogP contribution in [-0.4, -0.2) is 25.7 Å². The van der Waals surface area contributed by atoms with Crippen LogP contribution in [0.2, 0.25) is 0 Å². The molecule has 0 saturated heterocycles. The summed E-state index contributed by atoms with van der Waals surface area (Å²) in [5.41, 5.74) is 1.24. The van der Waals surface area contributed by atoms with Gasteiger partial charge in [0, 0.05) is 11.9 Å². The van der Waals surface area contributed by atoms with Crippen LogP contribution in [-0.2, 0) is 0 Å². The Bertz CT molecular complexity index is 692. The van der Waals surface area contributed by atoms with Gasteiger partial charge in [-0.15, -0.1) is 10.2 Å². The van der Waals surface area contributed by atoms with Crippen LogP contribution >= 0.6 is 0 Å². The number of anilines is 1. The maximum Gasteiger partial charge on any atom is 0.257 e. The van der Waals surface area contributed by atoms with Crippen molar-refractivity contribution in [2.45, 2.75) is 0 Å². The van der Waals surface area contributed by atoms with Gasteiger partial charge >= 0.3 is 0 Å². The van der Waals surface area contributed by atoms with Crippen LogP contribution in [0.25, 0.3) is 5.82 Å². The van der Waals surface area contributed by atoms with Gasteiger partial charge in [-0.25, -0.2) is 4.98 Å². The molecule has 20 heavy (non-hydrogen) atoms. The summed E-state index contributed by atoms with van der Waals surface area (Å²) < 4.78 is 1.67. The molecule has 0 radical (unpaired) electrons. The van der Waals surface area contributed by atoms with Gasteiger partial charge in [-0.2, -0.15) is 0 Å². The number of carbonyl (C=O) groups excluding carboxylic acids is 1. The fourth-order valence-corrected chi connectivity index (χ4v) is 1.72. The zero-order chi connectivity index (χ0) is 13.8. The number of pyridine rings is 1. The number of hydrogen-bond donors (Lipinski definition) is 1. The quantitative estimate of drug-likeness (QED) is 0.785. The third-order valence-electron chi connectivity index (χ3n) is 2.73. The SMILES string of the molecule is O=C(Nc1ccccc1)c1ccc(-n2cnnc2)nc1. The van der Waals surface area contributed by atoms with E-state index in [9.17, 15) is 4.79 Å². The fourth-order valence-electron chi connectivity index (χ4n) is 1.72. The number of nitrogens with one attached hydrogen (secondary N) is 1. The van der Waals surface area contributed by atoms with E-state index in [1.165, 1.54) is 6.20 Å². The molecule has 0 aliphatic rings. The van der Waals surface area contributed by atoms with Crippen molar-refractivity contribution < 1.29 is 4.79 Å². The summed E-state index contributed by atoms with van der Waals surface area (Å²) in [6.45, 7) is 0. The van der Waals surface area contributed by atoms with E-state index in [4.69, 9.17) is 0 Å². The minimum absolute atomic E-state index is 0.195. The van der Waals surface area contributed by atoms with E-state index in [0.29, 0.717) is 11.4 Å². The normalized spacial score (nSPS) is 10.2. The molecule has 6 nitrogen and oxygen atoms in total. The summed E-state index contributed by atoms with van der Waals surface area (Å²) in [5.74, 6) is 0.463. The van der Waals surface area contributed by atoms with Gasteiger partial charge in [0.1, 0.15) is 18.5 Å². The van der Waals surface area contributed by atoms with Crippen LogP contribution in [0.15, 0.2) is 61.3 Å². The van der Waals surface area contributed by atoms with E-state index in [-0.39, 0.29) is 5.91 Å². The summed E-state index contributed by atoms with van der Waals surface area (Å²) in [6.07, 6.45) is 4.62. The van der Waals surface area contributed by atoms with Gasteiger partial charge in [-0.1, -0.05) is 18.2 Å². The Labute approximate surface area is 115 Å². The van der Waals surface area contributed by atoms with E-state index in [2.05, 4.69) is 20.5 Å². The van der Waals surface area contributed by atoms with Crippen LogP contribution in [0.3, 0.4) is 0 Å². The first-order valence-corrected chi connectivity index (χ1v) is 6.00. The second-order valence-corrected chi connectivity index (χ2v) is 4.09. The van der Waals surface area contributed by atoms with E-state index < -0.39 is 0 Å². The number of amides is 1. The second kappa shape index (κ2) is 5.31. The van der Waals surface area contributed by atoms with Crippen LogP contribution in [0.1, 0.15) is 10.4 Å². The first-order chi connectivity index (χ1) is 9.83. The molecular weight excluding hydrogens is 254 g/mol. The number of carbonyl (C=O) groups is 1. The molecule has 98 valence electrons. The summed E-state index contributed by atoms with van der Waals surface area (Å²) in [5, 5.41) is 10.2. The van der Waals surface area contributed by atoms with Gasteiger partial charge in [-0.05, 0) is 24.3 Å². The summed E-state index contributed by atoms with van der Waals surface area (Å²) in [4.78, 5) is 16.2. The van der Waals surface area contributed by atoms with E-state index in [1.54, 1.807) is 29.4 Å². The maximum absolute atomic E-state index is 12.0. The minimum atomic E-state index is -0.195. The van der Waals surface area contributed by atoms with Crippen molar-refractivity contribution in [2.24, 2.45) is 0 Å². The number of benzene rings is 1. The Hall–Kier alpha value is -3.02. The van der Waals surface area contributed by atoms with Gasteiger partial charge < -0.3 is 5.32 Å². The smallest absolute Gasteiger partial charge is 0.257 e. The Morgan fingerprint density at radius 1 is 1.00 bits per heavy atom. The first-order valence-electron chi connectivity index (χ1n) is 6.00. The lowest BCUT2D eigenvalue weighted by atomic mass is 10.2. The molecule has 1 amide bonds. The lowest BCUT2D eigenvalue weighted by Crippen LogP contribution is -2.12. The number of para-hydroxylation sites is 1. The first kappa shape index (κ1) is 12.0. The zero-order valence-corrected chi connectivity index (χ0v) is 10.5. The number of aromatic nitrogens is 4. The topological polar surface area (TPSA) is 72.7 Å². The monoisotopic (exact) mass is 265 g/mol. The molecule has 3 aromatic rings. The van der Waals surface area contributed by atoms with E-state index >= 15 is 0 Å². The van der Waals surface area contributed by atoms with Gasteiger partial charge in [-0.3, -0.25) is 9.36 Å². The maximum atomic E-state index is 12.0. The molecule has 0 aliphatic heterocycles. The van der Waals surface area contributed by atoms with Gasteiger partial charge in [0.05, 0.1) is 5.56 Å². The molecule has 0 unspecified atom stereocenters. The molecular formula is C14H11N5O. The molecule has 3 rings (SSSR count). The van der Waals surface area contributed by atoms with Crippen LogP contribution in [0.4, 0.5) is 5.69 Å². The highest BCUT2D eigenvalue weighted by molar-refractivity contribution is 6.04. The molecule has 1 N–H and O–H groups in total. The minimum Gasteiger partial charge on any atom is -0.322 e. The molecule has 1 aromatic carbocycles. The summed E-state index contributed by atoms with van der Waals surface area (Å²) >= 11 is 0. The predicted octanol–water partition coefficient (Wildman–Crippen LogP) is 1.91. The molecule has 0 bridgehead atoms. The Kier molecular flexibility index (Phi) is 3.20. The van der Waals surface area contributed by atoms with E-state index in [0.717, 1.165) is 5.69 Å². The third kappa shape index (κ3) is 2.54. The summed E-state index contributed by atoms with van der Waals surface area (Å²) in [6, 6.07) is 12.7. The van der Waals surface area contributed by atoms with Crippen LogP contribution < -0.4 is 5.32 Å². The van der Waals surface area contributed by atoms with Crippen molar-refractivity contribution in [3.63, 3.8) is 0 Å². The van der Waals surface area contributed by atoms with Crippen LogP contribution in [0, 0.1) is 0 Å². The standard InChI is InChI=1S/C14H11N5O/c20-14(18-12-4-2-1-3-5-12)11-6-7-13(15-8-11)19-9-16-17-10-19/h1-10H,(H,18,20). The molecule has 0 aliphatic carbocycles. The molecule has 0 saturated carbocycles. The fraction of sp³-hybridized carbons (Fsp3) is 0. The Morgan fingerprint density at radius 2 is 1.75 bits per heavy atom. The molecule has 0 atom stereocenters. The Morgan fingerprint density at radius 3 is 2.40 bits per heavy atom. The molecule has 0 spiro atoms. The van der Waals surface area contributed by atoms with Crippen molar-refractivity contribution in [2.75, 3.05) is 5.32 Å². The molecule has 2 heterocycles. The lowest BCUT2D eigenvalue weighted by molar-refractivity contribution is 0.102. The third-order valence-corrected chi connectivity index (χ3v) is 2.73. The number of rotatable bonds is 3. The highest BCUT2D eigenvalue weighted by Gasteiger charge is 2.07. The lowest BCUT2D eigenvalue weighted by Gasteiger charge is -2.05. The number of hydrogen-bond acceptors (Lipinski definition) is 4. The van der Waals surface area contributed by atoms with Gasteiger partial charge in [0.25, 0.3) is 5.91 Å².